The summed E-state index contributed by atoms with van der Waals surface area (Å²) in [7, 11) is 0. The lowest BCUT2D eigenvalue weighted by Gasteiger charge is -2.33. The van der Waals surface area contributed by atoms with Crippen molar-refractivity contribution in [2.45, 2.75) is 59.4 Å². The van der Waals surface area contributed by atoms with Crippen molar-refractivity contribution in [2.75, 3.05) is 13.1 Å². The molecule has 86 valence electrons. The second-order valence-corrected chi connectivity index (χ2v) is 6.04. The Bertz CT molecular complexity index is 145. The van der Waals surface area contributed by atoms with Gasteiger partial charge in [0.2, 0.25) is 0 Å². The summed E-state index contributed by atoms with van der Waals surface area (Å²) >= 11 is 0. The van der Waals surface area contributed by atoms with Crippen molar-refractivity contribution >= 4 is 0 Å². The molecule has 0 unspecified atom stereocenters. The highest BCUT2D eigenvalue weighted by Gasteiger charge is 2.24. The first-order valence-corrected chi connectivity index (χ1v) is 5.72. The van der Waals surface area contributed by atoms with Gasteiger partial charge in [-0.1, -0.05) is 20.8 Å². The van der Waals surface area contributed by atoms with Gasteiger partial charge in [-0.3, -0.25) is 0 Å². The molecule has 0 saturated heterocycles. The predicted octanol–water partition coefficient (Wildman–Crippen LogP) is 2.53. The van der Waals surface area contributed by atoms with Crippen molar-refractivity contribution in [2.24, 2.45) is 11.1 Å². The van der Waals surface area contributed by atoms with Crippen LogP contribution in [0, 0.1) is 5.41 Å². The first kappa shape index (κ1) is 13.9. The van der Waals surface area contributed by atoms with E-state index in [0.717, 1.165) is 19.5 Å². The second kappa shape index (κ2) is 5.72. The maximum absolute atomic E-state index is 5.45. The Hall–Kier alpha value is -0.0800. The minimum absolute atomic E-state index is 0.243. The molecule has 0 aromatic carbocycles. The van der Waals surface area contributed by atoms with Gasteiger partial charge in [0.25, 0.3) is 0 Å². The molecule has 0 bridgehead atoms. The van der Waals surface area contributed by atoms with E-state index in [0.29, 0.717) is 5.41 Å². The van der Waals surface area contributed by atoms with Gasteiger partial charge < -0.3 is 11.1 Å². The molecule has 2 nitrogen and oxygen atoms in total. The van der Waals surface area contributed by atoms with Crippen molar-refractivity contribution in [1.29, 1.82) is 0 Å². The summed E-state index contributed by atoms with van der Waals surface area (Å²) < 4.78 is 0. The van der Waals surface area contributed by atoms with Crippen LogP contribution in [0.5, 0.6) is 0 Å². The molecular formula is C12H28N2. The number of hydrogen-bond donors (Lipinski definition) is 2. The zero-order chi connectivity index (χ0) is 11.2. The lowest BCUT2D eigenvalue weighted by atomic mass is 9.82. The number of nitrogens with one attached hydrogen (secondary N) is 1. The van der Waals surface area contributed by atoms with Crippen LogP contribution in [0.1, 0.15) is 53.9 Å². The van der Waals surface area contributed by atoms with Crippen LogP contribution in [0.4, 0.5) is 0 Å². The fourth-order valence-electron chi connectivity index (χ4n) is 2.08. The molecule has 0 aromatic heterocycles. The van der Waals surface area contributed by atoms with Crippen LogP contribution in [0.2, 0.25) is 0 Å². The van der Waals surface area contributed by atoms with Crippen LogP contribution in [-0.2, 0) is 0 Å². The van der Waals surface area contributed by atoms with Gasteiger partial charge in [-0.25, -0.2) is 0 Å². The Balaban J connectivity index is 3.72. The third kappa shape index (κ3) is 8.52. The second-order valence-electron chi connectivity index (χ2n) is 6.04. The Morgan fingerprint density at radius 3 is 2.00 bits per heavy atom. The summed E-state index contributed by atoms with van der Waals surface area (Å²) in [4.78, 5) is 0. The zero-order valence-electron chi connectivity index (χ0n) is 10.6. The summed E-state index contributed by atoms with van der Waals surface area (Å²) in [6, 6.07) is 0. The average Bonchev–Trinajstić information content (AvgIpc) is 1.93. The Morgan fingerprint density at radius 2 is 1.57 bits per heavy atom. The molecule has 0 atom stereocenters. The van der Waals surface area contributed by atoms with E-state index in [2.05, 4.69) is 39.9 Å². The van der Waals surface area contributed by atoms with Crippen molar-refractivity contribution in [3.63, 3.8) is 0 Å². The van der Waals surface area contributed by atoms with Crippen molar-refractivity contribution in [3.8, 4) is 0 Å². The summed E-state index contributed by atoms with van der Waals surface area (Å²) in [5, 5.41) is 3.59. The Morgan fingerprint density at radius 1 is 1.00 bits per heavy atom. The smallest absolute Gasteiger partial charge is 0.0130 e. The molecular weight excluding hydrogens is 172 g/mol. The minimum atomic E-state index is 0.243. The van der Waals surface area contributed by atoms with Crippen molar-refractivity contribution < 1.29 is 0 Å². The van der Waals surface area contributed by atoms with Crippen molar-refractivity contribution in [1.82, 2.24) is 5.32 Å². The highest BCUT2D eigenvalue weighted by molar-refractivity contribution is 4.82. The fraction of sp³-hybridized carbons (Fsp3) is 1.00. The van der Waals surface area contributed by atoms with Crippen LogP contribution in [-0.4, -0.2) is 18.6 Å². The minimum Gasteiger partial charge on any atom is -0.330 e. The van der Waals surface area contributed by atoms with Gasteiger partial charge in [0.1, 0.15) is 0 Å². The van der Waals surface area contributed by atoms with Gasteiger partial charge in [-0.2, -0.15) is 0 Å². The lowest BCUT2D eigenvalue weighted by molar-refractivity contribution is 0.242. The molecule has 0 aromatic rings. The molecule has 0 rings (SSSR count). The maximum atomic E-state index is 5.45. The van der Waals surface area contributed by atoms with Crippen LogP contribution in [0.25, 0.3) is 0 Å². The van der Waals surface area contributed by atoms with Gasteiger partial charge in [-0.15, -0.1) is 0 Å². The topological polar surface area (TPSA) is 38.0 Å². The normalized spacial score (nSPS) is 13.3. The van der Waals surface area contributed by atoms with E-state index in [1.54, 1.807) is 0 Å². The van der Waals surface area contributed by atoms with E-state index >= 15 is 0 Å². The molecule has 0 aliphatic carbocycles. The third-order valence-electron chi connectivity index (χ3n) is 2.21. The van der Waals surface area contributed by atoms with Gasteiger partial charge in [0.05, 0.1) is 0 Å². The molecule has 0 aliphatic rings. The first-order valence-electron chi connectivity index (χ1n) is 5.72. The van der Waals surface area contributed by atoms with E-state index in [-0.39, 0.29) is 5.54 Å². The van der Waals surface area contributed by atoms with Crippen LogP contribution in [0.3, 0.4) is 0 Å². The molecule has 2 heteroatoms. The largest absolute Gasteiger partial charge is 0.330 e. The fourth-order valence-corrected chi connectivity index (χ4v) is 2.08. The van der Waals surface area contributed by atoms with E-state index in [4.69, 9.17) is 5.73 Å². The van der Waals surface area contributed by atoms with Gasteiger partial charge in [0, 0.05) is 5.54 Å². The molecule has 3 N–H and O–H groups in total. The Kier molecular flexibility index (Phi) is 5.68. The van der Waals surface area contributed by atoms with E-state index in [9.17, 15) is 0 Å². The van der Waals surface area contributed by atoms with Crippen LogP contribution in [0.15, 0.2) is 0 Å². The quantitative estimate of drug-likeness (QED) is 0.647. The first-order chi connectivity index (χ1) is 6.27. The van der Waals surface area contributed by atoms with Crippen molar-refractivity contribution in [3.05, 3.63) is 0 Å². The van der Waals surface area contributed by atoms with Gasteiger partial charge in [-0.05, 0) is 51.6 Å². The molecule has 0 spiro atoms. The van der Waals surface area contributed by atoms with Crippen LogP contribution >= 0.6 is 0 Å². The molecule has 0 saturated carbocycles. The molecule has 0 amide bonds. The standard InChI is InChI=1S/C12H28N2/c1-11(2,3)10-12(4,5)14-9-7-6-8-13/h14H,6-10,13H2,1-5H3. The molecule has 0 fully saturated rings. The van der Waals surface area contributed by atoms with E-state index < -0.39 is 0 Å². The number of nitrogens with two attached hydrogens (primary N) is 1. The SMILES string of the molecule is CC(C)(C)CC(C)(C)NCCCCN. The predicted molar refractivity (Wildman–Crippen MR) is 64.4 cm³/mol. The monoisotopic (exact) mass is 200 g/mol. The number of hydrogen-bond acceptors (Lipinski definition) is 2. The highest BCUT2D eigenvalue weighted by atomic mass is 14.9. The van der Waals surface area contributed by atoms with Crippen LogP contribution < -0.4 is 11.1 Å². The number of rotatable bonds is 6. The maximum Gasteiger partial charge on any atom is 0.0130 e. The zero-order valence-corrected chi connectivity index (χ0v) is 10.6. The lowest BCUT2D eigenvalue weighted by Crippen LogP contribution is -2.42. The van der Waals surface area contributed by atoms with E-state index in [1.165, 1.54) is 12.8 Å². The molecule has 0 radical (unpaired) electrons. The number of unbranched alkanes of at least 4 members (excludes halogenated alkanes) is 1. The molecule has 14 heavy (non-hydrogen) atoms. The Labute approximate surface area is 89.6 Å². The molecule has 0 aliphatic heterocycles. The highest BCUT2D eigenvalue weighted by Crippen LogP contribution is 2.26. The summed E-state index contributed by atoms with van der Waals surface area (Å²) in [5.41, 5.74) is 6.09. The third-order valence-corrected chi connectivity index (χ3v) is 2.21. The summed E-state index contributed by atoms with van der Waals surface area (Å²) in [6.45, 7) is 13.3. The van der Waals surface area contributed by atoms with Gasteiger partial charge in [0.15, 0.2) is 0 Å². The average molecular weight is 200 g/mol. The summed E-state index contributed by atoms with van der Waals surface area (Å²) in [6.07, 6.45) is 3.51. The molecule has 0 heterocycles. The van der Waals surface area contributed by atoms with E-state index in [1.807, 2.05) is 0 Å². The van der Waals surface area contributed by atoms with Gasteiger partial charge >= 0.3 is 0 Å². The summed E-state index contributed by atoms with van der Waals surface area (Å²) in [5.74, 6) is 0.